The van der Waals surface area contributed by atoms with Crippen molar-refractivity contribution in [1.82, 2.24) is 19.3 Å². The molecule has 6 heteroatoms. The molecule has 1 aromatic carbocycles. The molecule has 0 radical (unpaired) electrons. The molecule has 1 saturated heterocycles. The number of halogens is 1. The largest absolute Gasteiger partial charge is 0.342 e. The molecule has 1 atom stereocenters. The average Bonchev–Trinajstić information content (AvgIpc) is 3.29. The van der Waals surface area contributed by atoms with Crippen molar-refractivity contribution >= 4 is 11.7 Å². The lowest BCUT2D eigenvalue weighted by atomic mass is 10.0. The van der Waals surface area contributed by atoms with E-state index in [2.05, 4.69) is 9.97 Å². The predicted octanol–water partition coefficient (Wildman–Crippen LogP) is 3.51. The van der Waals surface area contributed by atoms with Gasteiger partial charge < -0.3 is 4.90 Å². The van der Waals surface area contributed by atoms with Gasteiger partial charge >= 0.3 is 0 Å². The molecule has 0 aliphatic carbocycles. The van der Waals surface area contributed by atoms with Gasteiger partial charge in [0.05, 0.1) is 11.9 Å². The molecule has 1 aliphatic heterocycles. The van der Waals surface area contributed by atoms with Crippen molar-refractivity contribution in [3.05, 3.63) is 54.2 Å². The number of rotatable bonds is 3. The molecule has 3 aromatic rings. The summed E-state index contributed by atoms with van der Waals surface area (Å²) in [6.07, 6.45) is 4.45. The normalized spacial score (nSPS) is 17.4. The van der Waals surface area contributed by atoms with Crippen LogP contribution in [0.2, 0.25) is 0 Å². The van der Waals surface area contributed by atoms with E-state index in [-0.39, 0.29) is 23.6 Å². The monoisotopic (exact) mass is 352 g/mol. The van der Waals surface area contributed by atoms with Crippen LogP contribution in [0, 0.1) is 11.7 Å². The van der Waals surface area contributed by atoms with Crippen molar-refractivity contribution in [3.63, 3.8) is 0 Å². The Morgan fingerprint density at radius 1 is 1.19 bits per heavy atom. The number of hydrogen-bond donors (Lipinski definition) is 0. The molecule has 5 nitrogen and oxygen atoms in total. The van der Waals surface area contributed by atoms with E-state index < -0.39 is 0 Å². The zero-order chi connectivity index (χ0) is 18.3. The molecule has 0 spiro atoms. The van der Waals surface area contributed by atoms with Crippen LogP contribution in [0.1, 0.15) is 31.9 Å². The molecule has 0 N–H and O–H groups in total. The van der Waals surface area contributed by atoms with Crippen LogP contribution in [-0.4, -0.2) is 38.3 Å². The van der Waals surface area contributed by atoms with Gasteiger partial charge in [-0.05, 0) is 36.8 Å². The first-order chi connectivity index (χ1) is 12.5. The number of amides is 1. The first-order valence-corrected chi connectivity index (χ1v) is 8.91. The van der Waals surface area contributed by atoms with E-state index in [4.69, 9.17) is 0 Å². The Morgan fingerprint density at radius 3 is 2.69 bits per heavy atom. The summed E-state index contributed by atoms with van der Waals surface area (Å²) in [5.74, 6) is 0.794. The van der Waals surface area contributed by atoms with E-state index in [1.54, 1.807) is 24.5 Å². The number of likely N-dealkylation sites (tertiary alicyclic amines) is 1. The number of aromatic nitrogens is 3. The molecule has 1 fully saturated rings. The van der Waals surface area contributed by atoms with Crippen LogP contribution in [0.5, 0.6) is 0 Å². The van der Waals surface area contributed by atoms with Crippen molar-refractivity contribution in [2.75, 3.05) is 13.1 Å². The molecular weight excluding hydrogens is 331 g/mol. The highest BCUT2D eigenvalue weighted by Crippen LogP contribution is 2.31. The smallest absolute Gasteiger partial charge is 0.234 e. The number of fused-ring (bicyclic) bond motifs is 1. The van der Waals surface area contributed by atoms with Gasteiger partial charge in [-0.3, -0.25) is 9.20 Å². The first-order valence-electron chi connectivity index (χ1n) is 8.91. The van der Waals surface area contributed by atoms with Gasteiger partial charge in [-0.15, -0.1) is 0 Å². The van der Waals surface area contributed by atoms with E-state index in [9.17, 15) is 9.18 Å². The second-order valence-corrected chi connectivity index (χ2v) is 7.08. The zero-order valence-corrected chi connectivity index (χ0v) is 14.9. The SMILES string of the molecule is CC(C)C(=O)N1CC[C@@H](c2ccnc3ncc(-c4ccc(F)cc4)n23)C1. The minimum Gasteiger partial charge on any atom is -0.342 e. The maximum absolute atomic E-state index is 13.3. The highest BCUT2D eigenvalue weighted by Gasteiger charge is 2.30. The van der Waals surface area contributed by atoms with Crippen LogP contribution in [0.25, 0.3) is 17.0 Å². The van der Waals surface area contributed by atoms with Crippen LogP contribution in [-0.2, 0) is 4.79 Å². The lowest BCUT2D eigenvalue weighted by Crippen LogP contribution is -2.32. The van der Waals surface area contributed by atoms with E-state index in [1.165, 1.54) is 12.1 Å². The fourth-order valence-corrected chi connectivity index (χ4v) is 3.65. The van der Waals surface area contributed by atoms with E-state index in [0.717, 1.165) is 29.9 Å². The third kappa shape index (κ3) is 2.85. The maximum atomic E-state index is 13.3. The third-order valence-electron chi connectivity index (χ3n) is 4.99. The van der Waals surface area contributed by atoms with Crippen molar-refractivity contribution in [3.8, 4) is 11.3 Å². The second-order valence-electron chi connectivity index (χ2n) is 7.08. The van der Waals surface area contributed by atoms with Crippen LogP contribution in [0.15, 0.2) is 42.7 Å². The Hall–Kier alpha value is -2.76. The van der Waals surface area contributed by atoms with Crippen molar-refractivity contribution in [2.24, 2.45) is 5.92 Å². The van der Waals surface area contributed by atoms with E-state index >= 15 is 0 Å². The zero-order valence-electron chi connectivity index (χ0n) is 14.9. The number of carbonyl (C=O) groups excluding carboxylic acids is 1. The fourth-order valence-electron chi connectivity index (χ4n) is 3.65. The van der Waals surface area contributed by atoms with Gasteiger partial charge in [-0.25, -0.2) is 14.4 Å². The van der Waals surface area contributed by atoms with Crippen LogP contribution < -0.4 is 0 Å². The number of imidazole rings is 1. The number of hydrogen-bond acceptors (Lipinski definition) is 3. The summed E-state index contributed by atoms with van der Waals surface area (Å²) < 4.78 is 15.3. The molecule has 1 amide bonds. The molecule has 0 bridgehead atoms. The van der Waals surface area contributed by atoms with Gasteiger partial charge in [0, 0.05) is 42.4 Å². The fraction of sp³-hybridized carbons (Fsp3) is 0.350. The quantitative estimate of drug-likeness (QED) is 0.725. The first kappa shape index (κ1) is 16.7. The van der Waals surface area contributed by atoms with Crippen molar-refractivity contribution in [1.29, 1.82) is 0 Å². The summed E-state index contributed by atoms with van der Waals surface area (Å²) in [5.41, 5.74) is 2.86. The molecule has 1 aliphatic rings. The lowest BCUT2D eigenvalue weighted by Gasteiger charge is -2.19. The number of benzene rings is 1. The summed E-state index contributed by atoms with van der Waals surface area (Å²) in [6.45, 7) is 5.34. The van der Waals surface area contributed by atoms with Gasteiger partial charge in [0.25, 0.3) is 0 Å². The molecule has 134 valence electrons. The number of nitrogens with zero attached hydrogens (tertiary/aromatic N) is 4. The van der Waals surface area contributed by atoms with E-state index in [1.807, 2.05) is 29.2 Å². The Morgan fingerprint density at radius 2 is 1.96 bits per heavy atom. The summed E-state index contributed by atoms with van der Waals surface area (Å²) in [6, 6.07) is 8.39. The molecule has 2 aromatic heterocycles. The lowest BCUT2D eigenvalue weighted by molar-refractivity contribution is -0.133. The van der Waals surface area contributed by atoms with Gasteiger partial charge in [-0.1, -0.05) is 13.8 Å². The molecule has 26 heavy (non-hydrogen) atoms. The molecule has 4 rings (SSSR count). The highest BCUT2D eigenvalue weighted by atomic mass is 19.1. The summed E-state index contributed by atoms with van der Waals surface area (Å²) in [5, 5.41) is 0. The molecule has 0 saturated carbocycles. The van der Waals surface area contributed by atoms with Crippen LogP contribution in [0.4, 0.5) is 4.39 Å². The maximum Gasteiger partial charge on any atom is 0.234 e. The predicted molar refractivity (Wildman–Crippen MR) is 97.2 cm³/mol. The van der Waals surface area contributed by atoms with E-state index in [0.29, 0.717) is 12.3 Å². The van der Waals surface area contributed by atoms with Gasteiger partial charge in [0.1, 0.15) is 5.82 Å². The minimum absolute atomic E-state index is 0.00855. The molecule has 3 heterocycles. The van der Waals surface area contributed by atoms with Gasteiger partial charge in [-0.2, -0.15) is 0 Å². The van der Waals surface area contributed by atoms with Crippen molar-refractivity contribution < 1.29 is 9.18 Å². The van der Waals surface area contributed by atoms with Crippen LogP contribution in [0.3, 0.4) is 0 Å². The summed E-state index contributed by atoms with van der Waals surface area (Å²) >= 11 is 0. The highest BCUT2D eigenvalue weighted by molar-refractivity contribution is 5.78. The standard InChI is InChI=1S/C20H21FN4O/c1-13(2)19(26)24-10-8-15(12-24)17-7-9-22-20-23-11-18(25(17)20)14-3-5-16(21)6-4-14/h3-7,9,11,13,15H,8,10,12H2,1-2H3/t15-/m1/s1. The molecule has 0 unspecified atom stereocenters. The second kappa shape index (κ2) is 6.52. The summed E-state index contributed by atoms with van der Waals surface area (Å²) in [4.78, 5) is 23.0. The van der Waals surface area contributed by atoms with Crippen molar-refractivity contribution in [2.45, 2.75) is 26.2 Å². The number of carbonyl (C=O) groups is 1. The summed E-state index contributed by atoms with van der Waals surface area (Å²) in [7, 11) is 0. The average molecular weight is 352 g/mol. The third-order valence-corrected chi connectivity index (χ3v) is 4.99. The minimum atomic E-state index is -0.264. The van der Waals surface area contributed by atoms with Crippen LogP contribution >= 0.6 is 0 Å². The Bertz CT molecular complexity index is 948. The molecular formula is C20H21FN4O. The Kier molecular flexibility index (Phi) is 4.18. The Balaban J connectivity index is 1.73. The van der Waals surface area contributed by atoms with Gasteiger partial charge in [0.15, 0.2) is 0 Å². The topological polar surface area (TPSA) is 50.5 Å². The van der Waals surface area contributed by atoms with Gasteiger partial charge in [0.2, 0.25) is 11.7 Å². The Labute approximate surface area is 151 Å².